The third-order valence-electron chi connectivity index (χ3n) is 4.59. The Morgan fingerprint density at radius 2 is 1.65 bits per heavy atom. The number of ether oxygens (including phenoxy) is 3. The van der Waals surface area contributed by atoms with Crippen LogP contribution in [0.25, 0.3) is 10.8 Å². The van der Waals surface area contributed by atoms with Crippen LogP contribution in [0.5, 0.6) is 5.75 Å². The van der Waals surface area contributed by atoms with Crippen LogP contribution in [-0.2, 0) is 16.1 Å². The molecule has 0 N–H and O–H groups in total. The van der Waals surface area contributed by atoms with Gasteiger partial charge in [-0.3, -0.25) is 0 Å². The van der Waals surface area contributed by atoms with Gasteiger partial charge in [-0.25, -0.2) is 0 Å². The van der Waals surface area contributed by atoms with Crippen LogP contribution in [0.4, 0.5) is 0 Å². The summed E-state index contributed by atoms with van der Waals surface area (Å²) in [5.41, 5.74) is 2.39. The predicted molar refractivity (Wildman–Crippen MR) is 106 cm³/mol. The molecule has 0 aromatic heterocycles. The molecule has 0 bridgehead atoms. The van der Waals surface area contributed by atoms with Gasteiger partial charge in [-0.2, -0.15) is 0 Å². The lowest BCUT2D eigenvalue weighted by Gasteiger charge is -2.17. The number of hydrogen-bond donors (Lipinski definition) is 0. The van der Waals surface area contributed by atoms with Crippen LogP contribution in [0, 0.1) is 0 Å². The Morgan fingerprint density at radius 1 is 0.808 bits per heavy atom. The van der Waals surface area contributed by atoms with Gasteiger partial charge in [0.1, 0.15) is 12.4 Å². The van der Waals surface area contributed by atoms with Crippen LogP contribution in [0.1, 0.15) is 23.5 Å². The minimum Gasteiger partial charge on any atom is -0.489 e. The molecule has 0 aliphatic carbocycles. The zero-order valence-corrected chi connectivity index (χ0v) is 15.5. The number of methoxy groups -OCH3 is 2. The van der Waals surface area contributed by atoms with E-state index in [4.69, 9.17) is 14.2 Å². The maximum absolute atomic E-state index is 6.04. The first-order chi connectivity index (χ1) is 12.8. The number of hydrogen-bond acceptors (Lipinski definition) is 3. The lowest BCUT2D eigenvalue weighted by atomic mass is 9.97. The molecule has 3 heteroatoms. The minimum atomic E-state index is 0.309. The van der Waals surface area contributed by atoms with Gasteiger partial charge in [0, 0.05) is 26.7 Å². The van der Waals surface area contributed by atoms with Crippen LogP contribution in [-0.4, -0.2) is 27.4 Å². The Labute approximate surface area is 155 Å². The molecule has 0 spiro atoms. The van der Waals surface area contributed by atoms with Gasteiger partial charge < -0.3 is 14.2 Å². The highest BCUT2D eigenvalue weighted by Crippen LogP contribution is 2.25. The first-order valence-corrected chi connectivity index (χ1v) is 8.98. The average molecular weight is 350 g/mol. The van der Waals surface area contributed by atoms with E-state index < -0.39 is 0 Å². The van der Waals surface area contributed by atoms with Gasteiger partial charge in [-0.15, -0.1) is 0 Å². The van der Waals surface area contributed by atoms with E-state index in [2.05, 4.69) is 54.6 Å². The lowest BCUT2D eigenvalue weighted by Crippen LogP contribution is -2.09. The van der Waals surface area contributed by atoms with Crippen molar-refractivity contribution in [2.75, 3.05) is 27.4 Å². The molecule has 0 heterocycles. The molecule has 26 heavy (non-hydrogen) atoms. The summed E-state index contributed by atoms with van der Waals surface area (Å²) in [5.74, 6) is 1.19. The second kappa shape index (κ2) is 9.37. The topological polar surface area (TPSA) is 27.7 Å². The number of rotatable bonds is 9. The summed E-state index contributed by atoms with van der Waals surface area (Å²) >= 11 is 0. The highest BCUT2D eigenvalue weighted by molar-refractivity contribution is 5.82. The summed E-state index contributed by atoms with van der Waals surface area (Å²) in [6, 6.07) is 23.1. The molecule has 0 fully saturated rings. The SMILES string of the molecule is COCCC(COC)c1cccc(OCc2ccc3ccccc3c2)c1. The number of benzene rings is 3. The maximum Gasteiger partial charge on any atom is 0.120 e. The normalized spacial score (nSPS) is 12.2. The maximum atomic E-state index is 6.04. The Bertz CT molecular complexity index is 828. The molecular formula is C23H26O3. The van der Waals surface area contributed by atoms with Crippen molar-refractivity contribution in [1.29, 1.82) is 0 Å². The van der Waals surface area contributed by atoms with Crippen molar-refractivity contribution < 1.29 is 14.2 Å². The summed E-state index contributed by atoms with van der Waals surface area (Å²) < 4.78 is 16.6. The second-order valence-electron chi connectivity index (χ2n) is 6.48. The van der Waals surface area contributed by atoms with Crippen LogP contribution in [0.15, 0.2) is 66.7 Å². The van der Waals surface area contributed by atoms with Crippen molar-refractivity contribution in [2.24, 2.45) is 0 Å². The van der Waals surface area contributed by atoms with Crippen molar-refractivity contribution >= 4 is 10.8 Å². The van der Waals surface area contributed by atoms with Gasteiger partial charge in [-0.1, -0.05) is 48.5 Å². The molecule has 3 nitrogen and oxygen atoms in total. The van der Waals surface area contributed by atoms with E-state index >= 15 is 0 Å². The Kier molecular flexibility index (Phi) is 6.64. The lowest BCUT2D eigenvalue weighted by molar-refractivity contribution is 0.144. The molecule has 0 saturated carbocycles. The number of fused-ring (bicyclic) bond motifs is 1. The second-order valence-corrected chi connectivity index (χ2v) is 6.48. The third-order valence-corrected chi connectivity index (χ3v) is 4.59. The zero-order valence-electron chi connectivity index (χ0n) is 15.5. The van der Waals surface area contributed by atoms with E-state index in [9.17, 15) is 0 Å². The predicted octanol–water partition coefficient (Wildman–Crippen LogP) is 5.19. The Balaban J connectivity index is 1.69. The van der Waals surface area contributed by atoms with Crippen molar-refractivity contribution in [3.63, 3.8) is 0 Å². The summed E-state index contributed by atoms with van der Waals surface area (Å²) in [7, 11) is 3.47. The van der Waals surface area contributed by atoms with Crippen LogP contribution < -0.4 is 4.74 Å². The fourth-order valence-corrected chi connectivity index (χ4v) is 3.16. The third kappa shape index (κ3) is 4.84. The smallest absolute Gasteiger partial charge is 0.120 e. The quantitative estimate of drug-likeness (QED) is 0.532. The van der Waals surface area contributed by atoms with Gasteiger partial charge in [0.2, 0.25) is 0 Å². The molecule has 0 amide bonds. The molecule has 3 aromatic rings. The molecule has 0 saturated heterocycles. The van der Waals surface area contributed by atoms with E-state index in [0.29, 0.717) is 19.1 Å². The molecule has 136 valence electrons. The van der Waals surface area contributed by atoms with Crippen molar-refractivity contribution in [2.45, 2.75) is 18.9 Å². The Morgan fingerprint density at radius 3 is 2.46 bits per heavy atom. The molecule has 3 rings (SSSR count). The first-order valence-electron chi connectivity index (χ1n) is 8.98. The largest absolute Gasteiger partial charge is 0.489 e. The summed E-state index contributed by atoms with van der Waals surface area (Å²) in [6.07, 6.45) is 0.929. The van der Waals surface area contributed by atoms with E-state index in [1.54, 1.807) is 14.2 Å². The zero-order chi connectivity index (χ0) is 18.2. The van der Waals surface area contributed by atoms with Crippen LogP contribution in [0.2, 0.25) is 0 Å². The van der Waals surface area contributed by atoms with Crippen molar-refractivity contribution in [1.82, 2.24) is 0 Å². The molecule has 0 aliphatic rings. The van der Waals surface area contributed by atoms with E-state index in [0.717, 1.165) is 18.8 Å². The fourth-order valence-electron chi connectivity index (χ4n) is 3.16. The highest BCUT2D eigenvalue weighted by atomic mass is 16.5. The van der Waals surface area contributed by atoms with E-state index in [1.165, 1.54) is 21.9 Å². The molecule has 0 radical (unpaired) electrons. The van der Waals surface area contributed by atoms with Crippen LogP contribution >= 0.6 is 0 Å². The van der Waals surface area contributed by atoms with Crippen LogP contribution in [0.3, 0.4) is 0 Å². The minimum absolute atomic E-state index is 0.309. The van der Waals surface area contributed by atoms with Crippen molar-refractivity contribution in [3.05, 3.63) is 77.9 Å². The van der Waals surface area contributed by atoms with Gasteiger partial charge in [-0.05, 0) is 46.5 Å². The molecule has 1 atom stereocenters. The first kappa shape index (κ1) is 18.4. The van der Waals surface area contributed by atoms with Gasteiger partial charge >= 0.3 is 0 Å². The monoisotopic (exact) mass is 350 g/mol. The molecule has 1 unspecified atom stereocenters. The molecule has 0 aliphatic heterocycles. The summed E-state index contributed by atoms with van der Waals surface area (Å²) in [4.78, 5) is 0. The van der Waals surface area contributed by atoms with Gasteiger partial charge in [0.05, 0.1) is 6.61 Å². The van der Waals surface area contributed by atoms with Crippen molar-refractivity contribution in [3.8, 4) is 5.75 Å². The molecule has 3 aromatic carbocycles. The van der Waals surface area contributed by atoms with E-state index in [1.807, 2.05) is 12.1 Å². The Hall–Kier alpha value is -2.36. The van der Waals surface area contributed by atoms with Gasteiger partial charge in [0.25, 0.3) is 0 Å². The standard InChI is InChI=1S/C23H26O3/c1-24-13-12-22(17-25-2)21-8-5-9-23(15-21)26-16-18-10-11-19-6-3-4-7-20(19)14-18/h3-11,14-15,22H,12-13,16-17H2,1-2H3. The molecular weight excluding hydrogens is 324 g/mol. The summed E-state index contributed by atoms with van der Waals surface area (Å²) in [5, 5.41) is 2.49. The fraction of sp³-hybridized carbons (Fsp3) is 0.304. The summed E-state index contributed by atoms with van der Waals surface area (Å²) in [6.45, 7) is 1.95. The average Bonchev–Trinajstić information content (AvgIpc) is 2.69. The van der Waals surface area contributed by atoms with E-state index in [-0.39, 0.29) is 0 Å². The highest BCUT2D eigenvalue weighted by Gasteiger charge is 2.12. The van der Waals surface area contributed by atoms with Gasteiger partial charge in [0.15, 0.2) is 0 Å².